The van der Waals surface area contributed by atoms with Crippen LogP contribution in [0.25, 0.3) is 0 Å². The van der Waals surface area contributed by atoms with Gasteiger partial charge in [-0.2, -0.15) is 10.1 Å². The van der Waals surface area contributed by atoms with Crippen LogP contribution in [0.15, 0.2) is 52.5 Å². The van der Waals surface area contributed by atoms with Crippen molar-refractivity contribution in [2.45, 2.75) is 32.9 Å². The number of hydrogen-bond acceptors (Lipinski definition) is 4. The molecule has 0 saturated carbocycles. The lowest BCUT2D eigenvalue weighted by Gasteiger charge is -2.07. The third-order valence-electron chi connectivity index (χ3n) is 4.38. The average molecular weight is 368 g/mol. The summed E-state index contributed by atoms with van der Waals surface area (Å²) in [6.45, 7) is 3.25. The van der Waals surface area contributed by atoms with Gasteiger partial charge in [0.25, 0.3) is 5.56 Å². The van der Waals surface area contributed by atoms with E-state index in [0.29, 0.717) is 30.9 Å². The summed E-state index contributed by atoms with van der Waals surface area (Å²) in [4.78, 5) is 21.5. The minimum absolute atomic E-state index is 0.0997. The van der Waals surface area contributed by atoms with Crippen molar-refractivity contribution in [3.05, 3.63) is 75.1 Å². The van der Waals surface area contributed by atoms with Crippen LogP contribution in [-0.2, 0) is 19.5 Å². The van der Waals surface area contributed by atoms with E-state index in [-0.39, 0.29) is 10.8 Å². The Hall–Kier alpha value is -2.73. The third-order valence-corrected chi connectivity index (χ3v) is 4.67. The summed E-state index contributed by atoms with van der Waals surface area (Å²) in [5, 5.41) is 4.61. The van der Waals surface area contributed by atoms with E-state index in [2.05, 4.69) is 27.2 Å². The van der Waals surface area contributed by atoms with E-state index in [1.807, 2.05) is 36.0 Å². The van der Waals surface area contributed by atoms with Gasteiger partial charge in [0.05, 0.1) is 24.0 Å². The standard InChI is InChI=1S/C19H18ClN5O/c1-2-8-25-18(26)15-9-16(22-17(15)23-19(25)20)14-10-21-24(12-14)11-13-6-4-3-5-7-13/h3-7,10,12H,2,8-9,11H2,1H3. The zero-order valence-corrected chi connectivity index (χ0v) is 15.1. The summed E-state index contributed by atoms with van der Waals surface area (Å²) in [5.41, 5.74) is 3.38. The molecular formula is C19H18ClN5O. The second-order valence-corrected chi connectivity index (χ2v) is 6.63. The molecule has 0 radical (unpaired) electrons. The van der Waals surface area contributed by atoms with Crippen LogP contribution < -0.4 is 5.56 Å². The van der Waals surface area contributed by atoms with Crippen LogP contribution >= 0.6 is 11.6 Å². The number of aliphatic imine (C=N–C) groups is 1. The highest BCUT2D eigenvalue weighted by Gasteiger charge is 2.24. The molecule has 0 saturated heterocycles. The zero-order chi connectivity index (χ0) is 18.1. The maximum Gasteiger partial charge on any atom is 0.260 e. The van der Waals surface area contributed by atoms with Crippen molar-refractivity contribution in [2.24, 2.45) is 4.99 Å². The summed E-state index contributed by atoms with van der Waals surface area (Å²) in [6, 6.07) is 10.1. The molecule has 0 fully saturated rings. The van der Waals surface area contributed by atoms with E-state index in [1.165, 1.54) is 10.1 Å². The largest absolute Gasteiger partial charge is 0.283 e. The Morgan fingerprint density at radius 1 is 1.23 bits per heavy atom. The fourth-order valence-corrected chi connectivity index (χ4v) is 3.33. The van der Waals surface area contributed by atoms with Crippen LogP contribution in [0.3, 0.4) is 0 Å². The number of fused-ring (bicyclic) bond motifs is 1. The van der Waals surface area contributed by atoms with Crippen molar-refractivity contribution in [1.29, 1.82) is 0 Å². The summed E-state index contributed by atoms with van der Waals surface area (Å²) >= 11 is 6.15. The van der Waals surface area contributed by atoms with Gasteiger partial charge < -0.3 is 0 Å². The van der Waals surface area contributed by atoms with Gasteiger partial charge in [-0.05, 0) is 23.6 Å². The van der Waals surface area contributed by atoms with E-state index >= 15 is 0 Å². The maximum atomic E-state index is 12.6. The number of nitrogens with zero attached hydrogens (tertiary/aromatic N) is 5. The molecule has 0 aliphatic carbocycles. The number of hydrogen-bond donors (Lipinski definition) is 0. The molecule has 1 aromatic carbocycles. The molecule has 6 nitrogen and oxygen atoms in total. The van der Waals surface area contributed by atoms with Crippen LogP contribution in [-0.4, -0.2) is 25.0 Å². The van der Waals surface area contributed by atoms with E-state index in [4.69, 9.17) is 11.6 Å². The van der Waals surface area contributed by atoms with E-state index in [9.17, 15) is 4.79 Å². The van der Waals surface area contributed by atoms with Crippen LogP contribution in [0.2, 0.25) is 5.28 Å². The van der Waals surface area contributed by atoms with Gasteiger partial charge in [-0.25, -0.2) is 4.99 Å². The van der Waals surface area contributed by atoms with Crippen molar-refractivity contribution in [2.75, 3.05) is 0 Å². The Bertz CT molecular complexity index is 1040. The molecule has 0 bridgehead atoms. The van der Waals surface area contributed by atoms with E-state index in [0.717, 1.165) is 17.7 Å². The van der Waals surface area contributed by atoms with Crippen molar-refractivity contribution in [3.8, 4) is 0 Å². The first kappa shape index (κ1) is 16.7. The second-order valence-electron chi connectivity index (χ2n) is 6.29. The fourth-order valence-electron chi connectivity index (χ4n) is 3.09. The monoisotopic (exact) mass is 367 g/mol. The number of benzene rings is 1. The molecular weight excluding hydrogens is 350 g/mol. The summed E-state index contributed by atoms with van der Waals surface area (Å²) in [6.07, 6.45) is 5.00. The van der Waals surface area contributed by atoms with Crippen LogP contribution in [0.1, 0.15) is 30.0 Å². The maximum absolute atomic E-state index is 12.6. The quantitative estimate of drug-likeness (QED) is 0.650. The Morgan fingerprint density at radius 2 is 2.04 bits per heavy atom. The van der Waals surface area contributed by atoms with Crippen LogP contribution in [0.4, 0.5) is 5.82 Å². The summed E-state index contributed by atoms with van der Waals surface area (Å²) < 4.78 is 3.38. The Morgan fingerprint density at radius 3 is 2.81 bits per heavy atom. The SMILES string of the molecule is CCCn1c(Cl)nc2c(c1=O)CC(c1cnn(Cc3ccccc3)c1)=N2. The Kier molecular flexibility index (Phi) is 4.42. The van der Waals surface area contributed by atoms with Gasteiger partial charge in [0, 0.05) is 24.7 Å². The predicted octanol–water partition coefficient (Wildman–Crippen LogP) is 3.23. The molecule has 132 valence electrons. The zero-order valence-electron chi connectivity index (χ0n) is 14.4. The molecule has 26 heavy (non-hydrogen) atoms. The van der Waals surface area contributed by atoms with Crippen LogP contribution in [0, 0.1) is 0 Å². The van der Waals surface area contributed by atoms with Gasteiger partial charge in [-0.3, -0.25) is 14.0 Å². The highest BCUT2D eigenvalue weighted by Crippen LogP contribution is 2.25. The predicted molar refractivity (Wildman–Crippen MR) is 101 cm³/mol. The van der Waals surface area contributed by atoms with E-state index < -0.39 is 0 Å². The van der Waals surface area contributed by atoms with Crippen LogP contribution in [0.5, 0.6) is 0 Å². The molecule has 2 aromatic heterocycles. The van der Waals surface area contributed by atoms with E-state index in [1.54, 1.807) is 6.20 Å². The molecule has 7 heteroatoms. The van der Waals surface area contributed by atoms with Crippen molar-refractivity contribution >= 4 is 23.1 Å². The van der Waals surface area contributed by atoms with Gasteiger partial charge in [0.2, 0.25) is 5.28 Å². The number of rotatable bonds is 5. The summed E-state index contributed by atoms with van der Waals surface area (Å²) in [5.74, 6) is 0.429. The lowest BCUT2D eigenvalue weighted by molar-refractivity contribution is 0.638. The molecule has 0 spiro atoms. The minimum atomic E-state index is -0.0997. The molecule has 4 rings (SSSR count). The van der Waals surface area contributed by atoms with Crippen molar-refractivity contribution in [3.63, 3.8) is 0 Å². The molecule has 0 unspecified atom stereocenters. The first-order chi connectivity index (χ1) is 12.7. The number of aromatic nitrogens is 4. The molecule has 3 aromatic rings. The van der Waals surface area contributed by atoms with Gasteiger partial charge >= 0.3 is 0 Å². The second kappa shape index (κ2) is 6.88. The smallest absolute Gasteiger partial charge is 0.260 e. The lowest BCUT2D eigenvalue weighted by atomic mass is 10.1. The first-order valence-corrected chi connectivity index (χ1v) is 8.97. The highest BCUT2D eigenvalue weighted by atomic mass is 35.5. The molecule has 0 atom stereocenters. The number of halogens is 1. The Labute approximate surface area is 155 Å². The third kappa shape index (κ3) is 3.08. The van der Waals surface area contributed by atoms with Crippen molar-refractivity contribution < 1.29 is 0 Å². The normalized spacial score (nSPS) is 12.9. The first-order valence-electron chi connectivity index (χ1n) is 8.59. The van der Waals surface area contributed by atoms with Gasteiger partial charge in [-0.15, -0.1) is 0 Å². The topological polar surface area (TPSA) is 65.1 Å². The van der Waals surface area contributed by atoms with Crippen molar-refractivity contribution in [1.82, 2.24) is 19.3 Å². The molecule has 1 aliphatic heterocycles. The molecule has 3 heterocycles. The summed E-state index contributed by atoms with van der Waals surface area (Å²) in [7, 11) is 0. The van der Waals surface area contributed by atoms with Gasteiger partial charge in [-0.1, -0.05) is 37.3 Å². The Balaban J connectivity index is 1.59. The molecule has 0 amide bonds. The highest BCUT2D eigenvalue weighted by molar-refractivity contribution is 6.28. The average Bonchev–Trinajstić information content (AvgIpc) is 3.26. The molecule has 1 aliphatic rings. The molecule has 0 N–H and O–H groups in total. The van der Waals surface area contributed by atoms with Gasteiger partial charge in [0.15, 0.2) is 5.82 Å². The lowest BCUT2D eigenvalue weighted by Crippen LogP contribution is -2.25. The fraction of sp³-hybridized carbons (Fsp3) is 0.263. The van der Waals surface area contributed by atoms with Gasteiger partial charge in [0.1, 0.15) is 0 Å². The minimum Gasteiger partial charge on any atom is -0.283 e.